The van der Waals surface area contributed by atoms with Crippen molar-refractivity contribution in [2.45, 2.75) is 0 Å². The number of anilines is 2. The Kier molecular flexibility index (Phi) is 3.56. The van der Waals surface area contributed by atoms with E-state index in [4.69, 9.17) is 0 Å². The minimum absolute atomic E-state index is 0.286. The van der Waals surface area contributed by atoms with Crippen molar-refractivity contribution in [3.05, 3.63) is 51.3 Å². The summed E-state index contributed by atoms with van der Waals surface area (Å²) in [6.07, 6.45) is 1.69. The van der Waals surface area contributed by atoms with Crippen molar-refractivity contribution in [1.29, 1.82) is 0 Å². The first-order chi connectivity index (χ1) is 7.66. The Hall–Kier alpha value is -0.940. The van der Waals surface area contributed by atoms with Gasteiger partial charge in [-0.15, -0.1) is 0 Å². The summed E-state index contributed by atoms with van der Waals surface area (Å²) in [4.78, 5) is 4.16. The van der Waals surface area contributed by atoms with Crippen LogP contribution in [-0.2, 0) is 0 Å². The van der Waals surface area contributed by atoms with E-state index in [0.717, 1.165) is 10.2 Å². The second kappa shape index (κ2) is 4.93. The van der Waals surface area contributed by atoms with Crippen molar-refractivity contribution in [2.75, 3.05) is 5.32 Å². The molecule has 0 saturated heterocycles. The molecule has 1 aromatic heterocycles. The minimum atomic E-state index is -0.286. The Morgan fingerprint density at radius 1 is 1.12 bits per heavy atom. The SMILES string of the molecule is Fc1ccc(Nc2ncccc2Br)cc1Br. The Bertz CT molecular complexity index is 517. The van der Waals surface area contributed by atoms with Crippen LogP contribution in [0.1, 0.15) is 0 Å². The van der Waals surface area contributed by atoms with Crippen LogP contribution in [0.25, 0.3) is 0 Å². The molecule has 2 nitrogen and oxygen atoms in total. The summed E-state index contributed by atoms with van der Waals surface area (Å²) >= 11 is 6.51. The summed E-state index contributed by atoms with van der Waals surface area (Å²) in [5, 5.41) is 3.09. The minimum Gasteiger partial charge on any atom is -0.339 e. The molecule has 0 bridgehead atoms. The lowest BCUT2D eigenvalue weighted by atomic mass is 10.3. The molecule has 1 heterocycles. The van der Waals surface area contributed by atoms with Gasteiger partial charge in [0.15, 0.2) is 0 Å². The van der Waals surface area contributed by atoms with E-state index in [9.17, 15) is 4.39 Å². The topological polar surface area (TPSA) is 24.9 Å². The zero-order valence-corrected chi connectivity index (χ0v) is 11.2. The van der Waals surface area contributed by atoms with Crippen molar-refractivity contribution in [2.24, 2.45) is 0 Å². The quantitative estimate of drug-likeness (QED) is 0.867. The highest BCUT2D eigenvalue weighted by molar-refractivity contribution is 9.10. The lowest BCUT2D eigenvalue weighted by molar-refractivity contribution is 0.621. The van der Waals surface area contributed by atoms with Gasteiger partial charge in [-0.05, 0) is 62.2 Å². The molecule has 0 radical (unpaired) electrons. The lowest BCUT2D eigenvalue weighted by Gasteiger charge is -2.07. The largest absolute Gasteiger partial charge is 0.339 e. The second-order valence-electron chi connectivity index (χ2n) is 3.09. The average Bonchev–Trinajstić information content (AvgIpc) is 2.27. The Labute approximate surface area is 109 Å². The molecule has 5 heteroatoms. The van der Waals surface area contributed by atoms with Crippen LogP contribution in [0, 0.1) is 5.82 Å². The molecule has 0 saturated carbocycles. The maximum atomic E-state index is 13.0. The van der Waals surface area contributed by atoms with Crippen LogP contribution < -0.4 is 5.32 Å². The molecule has 0 aliphatic heterocycles. The molecule has 2 aromatic rings. The van der Waals surface area contributed by atoms with Gasteiger partial charge in [-0.25, -0.2) is 9.37 Å². The fourth-order valence-corrected chi connectivity index (χ4v) is 1.92. The van der Waals surface area contributed by atoms with Gasteiger partial charge in [-0.2, -0.15) is 0 Å². The molecule has 1 aromatic carbocycles. The molecule has 0 atom stereocenters. The van der Waals surface area contributed by atoms with E-state index in [1.807, 2.05) is 12.1 Å². The zero-order chi connectivity index (χ0) is 11.5. The van der Waals surface area contributed by atoms with Gasteiger partial charge >= 0.3 is 0 Å². The maximum absolute atomic E-state index is 13.0. The molecule has 0 spiro atoms. The predicted molar refractivity (Wildman–Crippen MR) is 69.3 cm³/mol. The highest BCUT2D eigenvalue weighted by Crippen LogP contribution is 2.25. The summed E-state index contributed by atoms with van der Waals surface area (Å²) in [6.45, 7) is 0. The smallest absolute Gasteiger partial charge is 0.144 e. The third kappa shape index (κ3) is 2.59. The summed E-state index contributed by atoms with van der Waals surface area (Å²) in [5.41, 5.74) is 0.771. The van der Waals surface area contributed by atoms with Crippen LogP contribution in [0.5, 0.6) is 0 Å². The Morgan fingerprint density at radius 3 is 2.62 bits per heavy atom. The molecule has 1 N–H and O–H groups in total. The number of nitrogens with zero attached hydrogens (tertiary/aromatic N) is 1. The highest BCUT2D eigenvalue weighted by atomic mass is 79.9. The Balaban J connectivity index is 2.28. The van der Waals surface area contributed by atoms with Crippen molar-refractivity contribution < 1.29 is 4.39 Å². The number of hydrogen-bond donors (Lipinski definition) is 1. The summed E-state index contributed by atoms with van der Waals surface area (Å²) in [6, 6.07) is 8.42. The van der Waals surface area contributed by atoms with E-state index in [0.29, 0.717) is 10.3 Å². The molecule has 2 rings (SSSR count). The summed E-state index contributed by atoms with van der Waals surface area (Å²) < 4.78 is 14.3. The third-order valence-corrected chi connectivity index (χ3v) is 3.19. The Morgan fingerprint density at radius 2 is 1.94 bits per heavy atom. The molecule has 0 fully saturated rings. The van der Waals surface area contributed by atoms with Gasteiger partial charge in [-0.1, -0.05) is 0 Å². The van der Waals surface area contributed by atoms with E-state index in [2.05, 4.69) is 42.2 Å². The van der Waals surface area contributed by atoms with Crippen LogP contribution in [0.2, 0.25) is 0 Å². The van der Waals surface area contributed by atoms with E-state index in [1.165, 1.54) is 6.07 Å². The van der Waals surface area contributed by atoms with Gasteiger partial charge in [0, 0.05) is 11.9 Å². The first-order valence-corrected chi connectivity index (χ1v) is 6.08. The van der Waals surface area contributed by atoms with Crippen LogP contribution in [0.15, 0.2) is 45.5 Å². The lowest BCUT2D eigenvalue weighted by Crippen LogP contribution is -1.94. The number of rotatable bonds is 2. The maximum Gasteiger partial charge on any atom is 0.144 e. The monoisotopic (exact) mass is 344 g/mol. The molecule has 0 unspecified atom stereocenters. The van der Waals surface area contributed by atoms with Crippen molar-refractivity contribution in [1.82, 2.24) is 4.98 Å². The zero-order valence-electron chi connectivity index (χ0n) is 8.05. The van der Waals surface area contributed by atoms with Gasteiger partial charge in [0.25, 0.3) is 0 Å². The van der Waals surface area contributed by atoms with Crippen molar-refractivity contribution in [3.8, 4) is 0 Å². The molecule has 82 valence electrons. The molecule has 0 aliphatic rings. The highest BCUT2D eigenvalue weighted by Gasteiger charge is 2.03. The van der Waals surface area contributed by atoms with Crippen LogP contribution >= 0.6 is 31.9 Å². The van der Waals surface area contributed by atoms with Crippen molar-refractivity contribution in [3.63, 3.8) is 0 Å². The fraction of sp³-hybridized carbons (Fsp3) is 0. The van der Waals surface area contributed by atoms with Gasteiger partial charge in [0.1, 0.15) is 11.6 Å². The summed E-state index contributed by atoms with van der Waals surface area (Å²) in [5.74, 6) is 0.409. The molecular weight excluding hydrogens is 339 g/mol. The average molecular weight is 346 g/mol. The normalized spacial score (nSPS) is 10.2. The first-order valence-electron chi connectivity index (χ1n) is 4.49. The second-order valence-corrected chi connectivity index (χ2v) is 4.80. The number of nitrogens with one attached hydrogen (secondary N) is 1. The van der Waals surface area contributed by atoms with E-state index >= 15 is 0 Å². The van der Waals surface area contributed by atoms with Crippen LogP contribution in [0.3, 0.4) is 0 Å². The molecular formula is C11H7Br2FN2. The number of halogens is 3. The summed E-state index contributed by atoms with van der Waals surface area (Å²) in [7, 11) is 0. The van der Waals surface area contributed by atoms with E-state index in [-0.39, 0.29) is 5.82 Å². The number of hydrogen-bond acceptors (Lipinski definition) is 2. The molecule has 16 heavy (non-hydrogen) atoms. The standard InChI is InChI=1S/C11H7Br2FN2/c12-8-2-1-5-15-11(8)16-7-3-4-10(14)9(13)6-7/h1-6H,(H,15,16). The van der Waals surface area contributed by atoms with E-state index in [1.54, 1.807) is 18.3 Å². The predicted octanol–water partition coefficient (Wildman–Crippen LogP) is 4.49. The molecule has 0 aliphatic carbocycles. The van der Waals surface area contributed by atoms with Gasteiger partial charge < -0.3 is 5.32 Å². The van der Waals surface area contributed by atoms with Gasteiger partial charge in [0.05, 0.1) is 8.95 Å². The van der Waals surface area contributed by atoms with Crippen LogP contribution in [0.4, 0.5) is 15.9 Å². The first kappa shape index (κ1) is 11.5. The number of aromatic nitrogens is 1. The van der Waals surface area contributed by atoms with Crippen LogP contribution in [-0.4, -0.2) is 4.98 Å². The van der Waals surface area contributed by atoms with Gasteiger partial charge in [-0.3, -0.25) is 0 Å². The number of benzene rings is 1. The third-order valence-electron chi connectivity index (χ3n) is 1.94. The van der Waals surface area contributed by atoms with E-state index < -0.39 is 0 Å². The molecule has 0 amide bonds. The fourth-order valence-electron chi connectivity index (χ4n) is 1.19. The number of pyridine rings is 1. The van der Waals surface area contributed by atoms with Crippen molar-refractivity contribution >= 4 is 43.4 Å². The van der Waals surface area contributed by atoms with Gasteiger partial charge in [0.2, 0.25) is 0 Å².